The number of fused-ring (bicyclic) bond motifs is 2. The molecular weight excluding hydrogens is 412 g/mol. The average Bonchev–Trinajstić information content (AvgIpc) is 2.73. The zero-order valence-corrected chi connectivity index (χ0v) is 18.0. The molecule has 0 radical (unpaired) electrons. The molecule has 2 aromatic carbocycles. The van der Waals surface area contributed by atoms with Gasteiger partial charge in [-0.05, 0) is 56.2 Å². The standard InChI is InChI=1S/C25H24O7/c1-13(2)19(32-29)11-17-23-16(9-10-25(3,4)31-23)21(27)20-22(28)18(12-30-24(17)20)14-5-7-15(26)8-6-14/h5-10,12,19,26-27,29H,1,11H2,2-4H3/t19-/m0/s1. The van der Waals surface area contributed by atoms with Crippen LogP contribution in [0.15, 0.2) is 58.0 Å². The van der Waals surface area contributed by atoms with Gasteiger partial charge in [0.2, 0.25) is 5.43 Å². The Morgan fingerprint density at radius 2 is 1.91 bits per heavy atom. The molecule has 1 aromatic heterocycles. The van der Waals surface area contributed by atoms with E-state index in [0.717, 1.165) is 0 Å². The molecular formula is C25H24O7. The van der Waals surface area contributed by atoms with Crippen LogP contribution < -0.4 is 10.2 Å². The first kappa shape index (κ1) is 21.7. The molecule has 0 bridgehead atoms. The molecule has 0 fully saturated rings. The third kappa shape index (κ3) is 3.66. The lowest BCUT2D eigenvalue weighted by Gasteiger charge is -2.31. The smallest absolute Gasteiger partial charge is 0.204 e. The molecule has 1 aliphatic rings. The first-order valence-electron chi connectivity index (χ1n) is 10.1. The van der Waals surface area contributed by atoms with Gasteiger partial charge >= 0.3 is 0 Å². The van der Waals surface area contributed by atoms with Crippen molar-refractivity contribution in [2.75, 3.05) is 0 Å². The predicted molar refractivity (Wildman–Crippen MR) is 121 cm³/mol. The Morgan fingerprint density at radius 1 is 1.22 bits per heavy atom. The zero-order valence-electron chi connectivity index (χ0n) is 18.0. The molecule has 0 unspecified atom stereocenters. The van der Waals surface area contributed by atoms with E-state index in [1.165, 1.54) is 18.4 Å². The number of hydrogen-bond donors (Lipinski definition) is 3. The van der Waals surface area contributed by atoms with Gasteiger partial charge in [0, 0.05) is 12.0 Å². The van der Waals surface area contributed by atoms with Crippen molar-refractivity contribution in [3.05, 3.63) is 70.1 Å². The fraction of sp³-hybridized carbons (Fsp3) is 0.240. The second-order valence-corrected chi connectivity index (χ2v) is 8.48. The number of rotatable bonds is 5. The van der Waals surface area contributed by atoms with Gasteiger partial charge in [-0.15, -0.1) is 0 Å². The van der Waals surface area contributed by atoms with Gasteiger partial charge in [-0.3, -0.25) is 10.1 Å². The van der Waals surface area contributed by atoms with Gasteiger partial charge < -0.3 is 19.4 Å². The molecule has 2 heterocycles. The summed E-state index contributed by atoms with van der Waals surface area (Å²) in [6.45, 7) is 9.27. The maximum atomic E-state index is 13.4. The van der Waals surface area contributed by atoms with E-state index in [4.69, 9.17) is 9.15 Å². The van der Waals surface area contributed by atoms with Crippen LogP contribution in [0.4, 0.5) is 0 Å². The number of phenols is 2. The predicted octanol–water partition coefficient (Wildman–Crippen LogP) is 5.03. The van der Waals surface area contributed by atoms with Crippen LogP contribution in [0.5, 0.6) is 17.2 Å². The summed E-state index contributed by atoms with van der Waals surface area (Å²) < 4.78 is 12.0. The van der Waals surface area contributed by atoms with Crippen LogP contribution in [0.2, 0.25) is 0 Å². The number of benzene rings is 2. The fourth-order valence-corrected chi connectivity index (χ4v) is 3.78. The second kappa shape index (κ2) is 7.85. The fourth-order valence-electron chi connectivity index (χ4n) is 3.78. The SMILES string of the molecule is C=C(C)[C@H](Cc1c2c(c(O)c3c(=O)c(-c4ccc(O)cc4)coc13)C=CC(C)(C)O2)OO. The lowest BCUT2D eigenvalue weighted by Crippen LogP contribution is -2.29. The largest absolute Gasteiger partial charge is 0.508 e. The molecule has 0 saturated carbocycles. The quantitative estimate of drug-likeness (QED) is 0.292. The Kier molecular flexibility index (Phi) is 5.32. The van der Waals surface area contributed by atoms with Crippen molar-refractivity contribution < 1.29 is 29.5 Å². The van der Waals surface area contributed by atoms with E-state index in [2.05, 4.69) is 11.5 Å². The highest BCUT2D eigenvalue weighted by atomic mass is 17.1. The summed E-state index contributed by atoms with van der Waals surface area (Å²) in [6.07, 6.45) is 4.14. The molecule has 3 N–H and O–H groups in total. The lowest BCUT2D eigenvalue weighted by atomic mass is 9.92. The minimum Gasteiger partial charge on any atom is -0.508 e. The van der Waals surface area contributed by atoms with Crippen LogP contribution in [-0.4, -0.2) is 27.2 Å². The van der Waals surface area contributed by atoms with E-state index in [0.29, 0.717) is 28.0 Å². The normalized spacial score (nSPS) is 15.2. The van der Waals surface area contributed by atoms with Gasteiger partial charge in [0.1, 0.15) is 46.2 Å². The van der Waals surface area contributed by atoms with Gasteiger partial charge in [0.15, 0.2) is 0 Å². The average molecular weight is 436 g/mol. The Hall–Kier alpha value is -3.55. The monoisotopic (exact) mass is 436 g/mol. The first-order chi connectivity index (χ1) is 15.1. The van der Waals surface area contributed by atoms with Gasteiger partial charge in [0.05, 0.1) is 11.1 Å². The van der Waals surface area contributed by atoms with Crippen molar-refractivity contribution in [2.45, 2.75) is 38.9 Å². The summed E-state index contributed by atoms with van der Waals surface area (Å²) in [5.74, 6) is 0.167. The molecule has 0 spiro atoms. The van der Waals surface area contributed by atoms with E-state index in [9.17, 15) is 20.3 Å². The van der Waals surface area contributed by atoms with Crippen LogP contribution >= 0.6 is 0 Å². The summed E-state index contributed by atoms with van der Waals surface area (Å²) in [7, 11) is 0. The lowest BCUT2D eigenvalue weighted by molar-refractivity contribution is -0.268. The zero-order chi connectivity index (χ0) is 23.2. The molecule has 3 aromatic rings. The summed E-state index contributed by atoms with van der Waals surface area (Å²) in [4.78, 5) is 18.0. The molecule has 0 aliphatic carbocycles. The molecule has 0 amide bonds. The van der Waals surface area contributed by atoms with Crippen LogP contribution in [0, 0.1) is 0 Å². The molecule has 166 valence electrons. The summed E-state index contributed by atoms with van der Waals surface area (Å²) in [5, 5.41) is 30.0. The summed E-state index contributed by atoms with van der Waals surface area (Å²) in [5.41, 5.74) is 1.19. The highest BCUT2D eigenvalue weighted by Gasteiger charge is 2.32. The highest BCUT2D eigenvalue weighted by Crippen LogP contribution is 2.45. The summed E-state index contributed by atoms with van der Waals surface area (Å²) in [6, 6.07) is 6.11. The van der Waals surface area contributed by atoms with Crippen LogP contribution in [0.25, 0.3) is 28.2 Å². The third-order valence-corrected chi connectivity index (χ3v) is 5.54. The number of ether oxygens (including phenoxy) is 1. The molecule has 7 nitrogen and oxygen atoms in total. The Labute approximate surface area is 184 Å². The molecule has 1 atom stereocenters. The maximum absolute atomic E-state index is 13.4. The van der Waals surface area contributed by atoms with Gasteiger partial charge in [0.25, 0.3) is 0 Å². The third-order valence-electron chi connectivity index (χ3n) is 5.54. The molecule has 32 heavy (non-hydrogen) atoms. The Morgan fingerprint density at radius 3 is 2.53 bits per heavy atom. The topological polar surface area (TPSA) is 109 Å². The van der Waals surface area contributed by atoms with Crippen molar-refractivity contribution in [3.8, 4) is 28.4 Å². The Balaban J connectivity index is 2.04. The van der Waals surface area contributed by atoms with Crippen molar-refractivity contribution in [1.82, 2.24) is 0 Å². The van der Waals surface area contributed by atoms with E-state index in [-0.39, 0.29) is 34.5 Å². The van der Waals surface area contributed by atoms with Gasteiger partial charge in [-0.25, -0.2) is 4.89 Å². The van der Waals surface area contributed by atoms with E-state index >= 15 is 0 Å². The molecule has 7 heteroatoms. The minimum atomic E-state index is -0.772. The van der Waals surface area contributed by atoms with Crippen molar-refractivity contribution in [2.24, 2.45) is 0 Å². The van der Waals surface area contributed by atoms with Crippen molar-refractivity contribution in [1.29, 1.82) is 0 Å². The molecule has 1 aliphatic heterocycles. The van der Waals surface area contributed by atoms with E-state index in [1.807, 2.05) is 13.8 Å². The van der Waals surface area contributed by atoms with Crippen molar-refractivity contribution in [3.63, 3.8) is 0 Å². The maximum Gasteiger partial charge on any atom is 0.204 e. The first-order valence-corrected chi connectivity index (χ1v) is 10.1. The Bertz CT molecular complexity index is 1300. The summed E-state index contributed by atoms with van der Waals surface area (Å²) >= 11 is 0. The van der Waals surface area contributed by atoms with Crippen LogP contribution in [-0.2, 0) is 11.3 Å². The number of phenolic OH excluding ortho intramolecular Hbond substituents is 2. The molecule has 4 rings (SSSR count). The minimum absolute atomic E-state index is 0.00399. The second-order valence-electron chi connectivity index (χ2n) is 8.48. The van der Waals surface area contributed by atoms with Crippen LogP contribution in [0.3, 0.4) is 0 Å². The highest BCUT2D eigenvalue weighted by molar-refractivity contribution is 5.95. The van der Waals surface area contributed by atoms with Crippen LogP contribution in [0.1, 0.15) is 31.9 Å². The number of aromatic hydroxyl groups is 2. The number of hydrogen-bond acceptors (Lipinski definition) is 7. The van der Waals surface area contributed by atoms with Crippen molar-refractivity contribution >= 4 is 17.0 Å². The van der Waals surface area contributed by atoms with Gasteiger partial charge in [-0.1, -0.05) is 18.7 Å². The van der Waals surface area contributed by atoms with E-state index < -0.39 is 17.1 Å². The van der Waals surface area contributed by atoms with E-state index in [1.54, 1.807) is 31.2 Å². The molecule has 0 saturated heterocycles. The van der Waals surface area contributed by atoms with Gasteiger partial charge in [-0.2, -0.15) is 0 Å².